The first-order chi connectivity index (χ1) is 14.4. The number of nitrogens with zero attached hydrogens (tertiary/aromatic N) is 1. The highest BCUT2D eigenvalue weighted by atomic mass is 32.1. The molecular weight excluding hydrogens is 404 g/mol. The summed E-state index contributed by atoms with van der Waals surface area (Å²) in [5.74, 6) is 0.0227. The van der Waals surface area contributed by atoms with Crippen molar-refractivity contribution in [1.29, 1.82) is 0 Å². The third-order valence-electron chi connectivity index (χ3n) is 4.73. The smallest absolute Gasteiger partial charge is 0.340 e. The Morgan fingerprint density at radius 2 is 1.93 bits per heavy atom. The fourth-order valence-electron chi connectivity index (χ4n) is 3.27. The lowest BCUT2D eigenvalue weighted by atomic mass is 10.1. The summed E-state index contributed by atoms with van der Waals surface area (Å²) in [7, 11) is 1.54. The number of methoxy groups -OCH3 is 1. The fraction of sp³-hybridized carbons (Fsp3) is 0.364. The van der Waals surface area contributed by atoms with Gasteiger partial charge in [-0.3, -0.25) is 4.79 Å². The van der Waals surface area contributed by atoms with Crippen molar-refractivity contribution in [3.05, 3.63) is 68.6 Å². The van der Waals surface area contributed by atoms with Crippen LogP contribution in [0.1, 0.15) is 47.6 Å². The van der Waals surface area contributed by atoms with Crippen molar-refractivity contribution in [3.8, 4) is 0 Å². The van der Waals surface area contributed by atoms with Gasteiger partial charge in [-0.25, -0.2) is 4.79 Å². The van der Waals surface area contributed by atoms with E-state index in [9.17, 15) is 9.59 Å². The van der Waals surface area contributed by atoms with Gasteiger partial charge in [-0.1, -0.05) is 0 Å². The Morgan fingerprint density at radius 1 is 1.13 bits per heavy atom. The number of hydrogen-bond acceptors (Lipinski definition) is 6. The maximum atomic E-state index is 13.4. The molecule has 0 saturated carbocycles. The summed E-state index contributed by atoms with van der Waals surface area (Å²) >= 11 is 1.65. The number of aromatic nitrogens is 1. The van der Waals surface area contributed by atoms with Crippen LogP contribution in [0.4, 0.5) is 0 Å². The molecule has 7 nitrogen and oxygen atoms in total. The Morgan fingerprint density at radius 3 is 2.57 bits per heavy atom. The van der Waals surface area contributed by atoms with E-state index in [0.29, 0.717) is 48.0 Å². The van der Waals surface area contributed by atoms with E-state index in [4.69, 9.17) is 13.9 Å². The minimum absolute atomic E-state index is 0.158. The SMILES string of the molecule is COCCOC(=O)c1c(C)[nH]c(C(=O)N(Cc2ccco2)Cc2ccc(C)s2)c1C. The Balaban J connectivity index is 1.86. The van der Waals surface area contributed by atoms with Crippen LogP contribution >= 0.6 is 11.3 Å². The highest BCUT2D eigenvalue weighted by molar-refractivity contribution is 7.11. The molecule has 0 unspecified atom stereocenters. The molecule has 3 heterocycles. The molecule has 0 saturated heterocycles. The summed E-state index contributed by atoms with van der Waals surface area (Å²) in [5.41, 5.74) is 1.94. The van der Waals surface area contributed by atoms with Crippen molar-refractivity contribution in [2.75, 3.05) is 20.3 Å². The number of carbonyl (C=O) groups is 2. The van der Waals surface area contributed by atoms with E-state index >= 15 is 0 Å². The van der Waals surface area contributed by atoms with Gasteiger partial charge in [-0.2, -0.15) is 0 Å². The average molecular weight is 431 g/mol. The van der Waals surface area contributed by atoms with Gasteiger partial charge >= 0.3 is 5.97 Å². The van der Waals surface area contributed by atoms with Gasteiger partial charge in [-0.15, -0.1) is 11.3 Å². The van der Waals surface area contributed by atoms with Gasteiger partial charge in [0.05, 0.1) is 31.5 Å². The standard InChI is InChI=1S/C22H26N2O5S/c1-14-7-8-18(30-14)13-24(12-17-6-5-9-28-17)21(25)20-15(2)19(16(3)23-20)22(26)29-11-10-27-4/h5-9,23H,10-13H2,1-4H3. The van der Waals surface area contributed by atoms with Gasteiger partial charge in [0.25, 0.3) is 5.91 Å². The molecule has 1 amide bonds. The molecule has 1 N–H and O–H groups in total. The number of rotatable bonds is 9. The van der Waals surface area contributed by atoms with E-state index in [1.54, 1.807) is 49.5 Å². The lowest BCUT2D eigenvalue weighted by molar-refractivity contribution is 0.0387. The molecule has 0 aliphatic heterocycles. The van der Waals surface area contributed by atoms with Crippen LogP contribution in [0.3, 0.4) is 0 Å². The highest BCUT2D eigenvalue weighted by Crippen LogP contribution is 2.24. The second-order valence-corrected chi connectivity index (χ2v) is 8.38. The fourth-order valence-corrected chi connectivity index (χ4v) is 4.17. The van der Waals surface area contributed by atoms with Crippen LogP contribution in [0, 0.1) is 20.8 Å². The van der Waals surface area contributed by atoms with Crippen LogP contribution in [0.25, 0.3) is 0 Å². The number of aromatic amines is 1. The van der Waals surface area contributed by atoms with Crippen molar-refractivity contribution in [1.82, 2.24) is 9.88 Å². The summed E-state index contributed by atoms with van der Waals surface area (Å²) in [6.45, 7) is 6.80. The average Bonchev–Trinajstić information content (AvgIpc) is 3.42. The zero-order chi connectivity index (χ0) is 21.7. The second kappa shape index (κ2) is 9.77. The van der Waals surface area contributed by atoms with Crippen molar-refractivity contribution < 1.29 is 23.5 Å². The van der Waals surface area contributed by atoms with E-state index in [-0.39, 0.29) is 12.5 Å². The second-order valence-electron chi connectivity index (χ2n) is 7.01. The molecule has 0 aliphatic rings. The first-order valence-electron chi connectivity index (χ1n) is 9.63. The van der Waals surface area contributed by atoms with Crippen LogP contribution in [0.5, 0.6) is 0 Å². The molecular formula is C22H26N2O5S. The summed E-state index contributed by atoms with van der Waals surface area (Å²) in [4.78, 5) is 33.0. The quantitative estimate of drug-likeness (QED) is 0.405. The molecule has 0 radical (unpaired) electrons. The predicted octanol–water partition coefficient (Wildman–Crippen LogP) is 4.24. The number of amides is 1. The van der Waals surface area contributed by atoms with Gasteiger partial charge < -0.3 is 23.8 Å². The Kier molecular flexibility index (Phi) is 7.12. The van der Waals surface area contributed by atoms with Crippen LogP contribution in [-0.2, 0) is 22.6 Å². The van der Waals surface area contributed by atoms with Crippen LogP contribution in [0.15, 0.2) is 34.9 Å². The number of hydrogen-bond donors (Lipinski definition) is 1. The summed E-state index contributed by atoms with van der Waals surface area (Å²) in [6, 6.07) is 7.69. The molecule has 160 valence electrons. The number of nitrogens with one attached hydrogen (secondary N) is 1. The Hall–Kier alpha value is -2.84. The zero-order valence-corrected chi connectivity index (χ0v) is 18.4. The zero-order valence-electron chi connectivity index (χ0n) is 17.6. The molecule has 0 bridgehead atoms. The topological polar surface area (TPSA) is 84.8 Å². The van der Waals surface area contributed by atoms with Crippen LogP contribution in [0.2, 0.25) is 0 Å². The largest absolute Gasteiger partial charge is 0.467 e. The normalized spacial score (nSPS) is 10.9. The lowest BCUT2D eigenvalue weighted by Gasteiger charge is -2.21. The molecule has 8 heteroatoms. The molecule has 0 fully saturated rings. The molecule has 30 heavy (non-hydrogen) atoms. The lowest BCUT2D eigenvalue weighted by Crippen LogP contribution is -2.30. The van der Waals surface area contributed by atoms with Crippen molar-refractivity contribution in [3.63, 3.8) is 0 Å². The molecule has 0 atom stereocenters. The monoisotopic (exact) mass is 430 g/mol. The van der Waals surface area contributed by atoms with Gasteiger partial charge in [0.15, 0.2) is 0 Å². The van der Waals surface area contributed by atoms with E-state index in [0.717, 1.165) is 4.88 Å². The Bertz CT molecular complexity index is 1000. The summed E-state index contributed by atoms with van der Waals surface area (Å²) in [5, 5.41) is 0. The predicted molar refractivity (Wildman–Crippen MR) is 114 cm³/mol. The minimum Gasteiger partial charge on any atom is -0.467 e. The number of furan rings is 1. The maximum Gasteiger partial charge on any atom is 0.340 e. The molecule has 0 aliphatic carbocycles. The number of esters is 1. The van der Waals surface area contributed by atoms with E-state index in [2.05, 4.69) is 4.98 Å². The van der Waals surface area contributed by atoms with Crippen molar-refractivity contribution >= 4 is 23.2 Å². The van der Waals surface area contributed by atoms with Gasteiger partial charge in [-0.05, 0) is 50.6 Å². The first kappa shape index (κ1) is 21.9. The highest BCUT2D eigenvalue weighted by Gasteiger charge is 2.27. The molecule has 0 aromatic carbocycles. The third-order valence-corrected chi connectivity index (χ3v) is 5.72. The molecule has 3 aromatic heterocycles. The molecule has 0 spiro atoms. The summed E-state index contributed by atoms with van der Waals surface area (Å²) < 4.78 is 15.6. The number of thiophene rings is 1. The first-order valence-corrected chi connectivity index (χ1v) is 10.4. The minimum atomic E-state index is -0.469. The van der Waals surface area contributed by atoms with Gasteiger partial charge in [0, 0.05) is 22.6 Å². The van der Waals surface area contributed by atoms with E-state index in [1.807, 2.05) is 25.1 Å². The molecule has 3 rings (SSSR count). The van der Waals surface area contributed by atoms with E-state index < -0.39 is 5.97 Å². The van der Waals surface area contributed by atoms with Crippen molar-refractivity contribution in [2.45, 2.75) is 33.9 Å². The van der Waals surface area contributed by atoms with E-state index in [1.165, 1.54) is 4.88 Å². The van der Waals surface area contributed by atoms with Gasteiger partial charge in [0.1, 0.15) is 18.1 Å². The molecule has 3 aromatic rings. The maximum absolute atomic E-state index is 13.4. The number of carbonyl (C=O) groups excluding carboxylic acids is 2. The number of aryl methyl sites for hydroxylation is 2. The third kappa shape index (κ3) is 5.01. The van der Waals surface area contributed by atoms with Crippen LogP contribution in [-0.4, -0.2) is 42.1 Å². The van der Waals surface area contributed by atoms with Crippen molar-refractivity contribution in [2.24, 2.45) is 0 Å². The number of ether oxygens (including phenoxy) is 2. The van der Waals surface area contributed by atoms with Gasteiger partial charge in [0.2, 0.25) is 0 Å². The Labute approximate surface area is 179 Å². The van der Waals surface area contributed by atoms with Crippen LogP contribution < -0.4 is 0 Å². The number of H-pyrrole nitrogens is 1. The summed E-state index contributed by atoms with van der Waals surface area (Å²) in [6.07, 6.45) is 1.59.